The van der Waals surface area contributed by atoms with Crippen molar-refractivity contribution in [1.29, 1.82) is 0 Å². The molecule has 0 radical (unpaired) electrons. The van der Waals surface area contributed by atoms with Crippen LogP contribution in [0.2, 0.25) is 0 Å². The highest BCUT2D eigenvalue weighted by Crippen LogP contribution is 2.35. The summed E-state index contributed by atoms with van der Waals surface area (Å²) in [5.41, 5.74) is 4.12. The van der Waals surface area contributed by atoms with E-state index in [0.29, 0.717) is 17.9 Å². The summed E-state index contributed by atoms with van der Waals surface area (Å²) in [6, 6.07) is 15.7. The number of amides is 1. The first-order valence-electron chi connectivity index (χ1n) is 12.1. The van der Waals surface area contributed by atoms with Gasteiger partial charge in [-0.05, 0) is 42.3 Å². The number of ether oxygens (including phenoxy) is 1. The first-order chi connectivity index (χ1) is 16.2. The number of hydrogen-bond donors (Lipinski definition) is 1. The van der Waals surface area contributed by atoms with Crippen molar-refractivity contribution >= 4 is 5.91 Å². The Morgan fingerprint density at radius 2 is 1.70 bits per heavy atom. The van der Waals surface area contributed by atoms with Gasteiger partial charge < -0.3 is 14.6 Å². The van der Waals surface area contributed by atoms with Crippen LogP contribution < -0.4 is 4.74 Å². The van der Waals surface area contributed by atoms with Gasteiger partial charge in [0.05, 0.1) is 18.1 Å². The van der Waals surface area contributed by atoms with Crippen LogP contribution in [0.3, 0.4) is 0 Å². The van der Waals surface area contributed by atoms with Crippen molar-refractivity contribution in [3.05, 3.63) is 77.4 Å². The van der Waals surface area contributed by atoms with Crippen LogP contribution in [-0.2, 0) is 6.42 Å². The largest absolute Gasteiger partial charge is 0.457 e. The van der Waals surface area contributed by atoms with Crippen molar-refractivity contribution < 1.29 is 9.53 Å². The van der Waals surface area contributed by atoms with Gasteiger partial charge in [0.2, 0.25) is 0 Å². The van der Waals surface area contributed by atoms with Crippen LogP contribution in [0.5, 0.6) is 11.5 Å². The summed E-state index contributed by atoms with van der Waals surface area (Å²) in [6.45, 7) is 10.6. The van der Waals surface area contributed by atoms with Crippen molar-refractivity contribution in [1.82, 2.24) is 19.8 Å². The Labute approximate surface area is 197 Å². The van der Waals surface area contributed by atoms with E-state index in [0.717, 1.165) is 37.4 Å². The van der Waals surface area contributed by atoms with Gasteiger partial charge in [-0.15, -0.1) is 0 Å². The zero-order valence-corrected chi connectivity index (χ0v) is 20.5. The molecule has 0 saturated heterocycles. The number of nitrogens with one attached hydrogen (secondary N) is 1. The first-order valence-corrected chi connectivity index (χ1v) is 12.1. The van der Waals surface area contributed by atoms with E-state index in [4.69, 9.17) is 4.74 Å². The van der Waals surface area contributed by atoms with Crippen molar-refractivity contribution in [2.45, 2.75) is 46.6 Å². The Morgan fingerprint density at radius 1 is 0.970 bits per heavy atom. The second kappa shape index (κ2) is 11.7. The number of carbonyl (C=O) groups is 1. The number of benzene rings is 2. The van der Waals surface area contributed by atoms with Gasteiger partial charge >= 0.3 is 0 Å². The third-order valence-corrected chi connectivity index (χ3v) is 5.80. The number of carbonyl (C=O) groups excluding carboxylic acids is 1. The second-order valence-electron chi connectivity index (χ2n) is 7.74. The number of imidazole rings is 1. The smallest absolute Gasteiger partial charge is 0.253 e. The van der Waals surface area contributed by atoms with Crippen LogP contribution in [0.25, 0.3) is 0 Å². The normalized spacial score (nSPS) is 17.7. The van der Waals surface area contributed by atoms with E-state index >= 15 is 0 Å². The molecule has 2 aromatic carbocycles. The molecular formula is C27H36N4O2. The topological polar surface area (TPSA) is 61.5 Å². The summed E-state index contributed by atoms with van der Waals surface area (Å²) >= 11 is 0. The molecule has 176 valence electrons. The number of aromatic amines is 1. The van der Waals surface area contributed by atoms with Crippen LogP contribution >= 0.6 is 0 Å². The van der Waals surface area contributed by atoms with Crippen molar-refractivity contribution in [3.63, 3.8) is 0 Å². The fraction of sp³-hybridized carbons (Fsp3) is 0.407. The van der Waals surface area contributed by atoms with Gasteiger partial charge in [0.15, 0.2) is 0 Å². The molecule has 1 N–H and O–H groups in total. The summed E-state index contributed by atoms with van der Waals surface area (Å²) in [6.07, 6.45) is 3.66. The van der Waals surface area contributed by atoms with Gasteiger partial charge in [-0.2, -0.15) is 0 Å². The van der Waals surface area contributed by atoms with Gasteiger partial charge in [0, 0.05) is 44.4 Å². The van der Waals surface area contributed by atoms with Gasteiger partial charge in [0.1, 0.15) is 11.5 Å². The van der Waals surface area contributed by atoms with E-state index in [1.165, 1.54) is 11.3 Å². The third kappa shape index (κ3) is 5.45. The average Bonchev–Trinajstić information content (AvgIpc) is 3.34. The highest BCUT2D eigenvalue weighted by molar-refractivity contribution is 5.94. The summed E-state index contributed by atoms with van der Waals surface area (Å²) in [4.78, 5) is 25.0. The number of aromatic nitrogens is 2. The Morgan fingerprint density at radius 3 is 2.48 bits per heavy atom. The van der Waals surface area contributed by atoms with Crippen molar-refractivity contribution in [2.75, 3.05) is 26.7 Å². The predicted molar refractivity (Wildman–Crippen MR) is 133 cm³/mol. The summed E-state index contributed by atoms with van der Waals surface area (Å²) in [5, 5.41) is 0. The minimum atomic E-state index is 0.0195. The Bertz CT molecular complexity index is 1050. The molecule has 1 atom stereocenters. The predicted octanol–water partition coefficient (Wildman–Crippen LogP) is 5.68. The SMILES string of the molecule is CC.CC.CN1CCCN2CCc3[nH]cnc3C2c2cccc(c2)Oc2cccc(c2)C1=O. The van der Waals surface area contributed by atoms with Crippen LogP contribution in [-0.4, -0.2) is 52.4 Å². The minimum Gasteiger partial charge on any atom is -0.457 e. The molecule has 2 aliphatic heterocycles. The summed E-state index contributed by atoms with van der Waals surface area (Å²) < 4.78 is 6.12. The second-order valence-corrected chi connectivity index (χ2v) is 7.74. The molecule has 6 nitrogen and oxygen atoms in total. The third-order valence-electron chi connectivity index (χ3n) is 5.80. The fourth-order valence-corrected chi connectivity index (χ4v) is 4.34. The van der Waals surface area contributed by atoms with E-state index in [2.05, 4.69) is 27.0 Å². The molecule has 33 heavy (non-hydrogen) atoms. The lowest BCUT2D eigenvalue weighted by molar-refractivity contribution is 0.0785. The molecule has 1 unspecified atom stereocenters. The number of nitrogens with zero attached hydrogens (tertiary/aromatic N) is 3. The lowest BCUT2D eigenvalue weighted by Crippen LogP contribution is -2.38. The van der Waals surface area contributed by atoms with Crippen LogP contribution in [0.15, 0.2) is 54.9 Å². The van der Waals surface area contributed by atoms with Crippen LogP contribution in [0.1, 0.15) is 67.5 Å². The fourth-order valence-electron chi connectivity index (χ4n) is 4.34. The highest BCUT2D eigenvalue weighted by atomic mass is 16.5. The van der Waals surface area contributed by atoms with E-state index in [9.17, 15) is 4.79 Å². The van der Waals surface area contributed by atoms with Gasteiger partial charge in [-0.25, -0.2) is 4.98 Å². The lowest BCUT2D eigenvalue weighted by atomic mass is 9.95. The Balaban J connectivity index is 0.000000728. The number of rotatable bonds is 0. The van der Waals surface area contributed by atoms with E-state index in [-0.39, 0.29) is 11.9 Å². The molecule has 0 spiro atoms. The monoisotopic (exact) mass is 448 g/mol. The molecular weight excluding hydrogens is 412 g/mol. The zero-order valence-electron chi connectivity index (χ0n) is 20.5. The molecule has 3 heterocycles. The molecule has 3 aromatic rings. The molecule has 6 heteroatoms. The zero-order chi connectivity index (χ0) is 23.8. The van der Waals surface area contributed by atoms with E-state index < -0.39 is 0 Å². The van der Waals surface area contributed by atoms with E-state index in [1.807, 2.05) is 71.1 Å². The first kappa shape index (κ1) is 24.5. The molecule has 5 rings (SSSR count). The number of hydrogen-bond acceptors (Lipinski definition) is 4. The van der Waals surface area contributed by atoms with Crippen LogP contribution in [0.4, 0.5) is 0 Å². The number of fused-ring (bicyclic) bond motifs is 8. The maximum Gasteiger partial charge on any atom is 0.253 e. The van der Waals surface area contributed by atoms with E-state index in [1.54, 1.807) is 11.2 Å². The Hall–Kier alpha value is -3.12. The highest BCUT2D eigenvalue weighted by Gasteiger charge is 2.31. The van der Waals surface area contributed by atoms with Crippen molar-refractivity contribution in [3.8, 4) is 11.5 Å². The molecule has 4 bridgehead atoms. The summed E-state index contributed by atoms with van der Waals surface area (Å²) in [7, 11) is 1.86. The molecule has 2 aliphatic rings. The molecule has 0 fully saturated rings. The Kier molecular flexibility index (Phi) is 8.66. The van der Waals surface area contributed by atoms with Gasteiger partial charge in [-0.3, -0.25) is 9.69 Å². The maximum absolute atomic E-state index is 12.8. The maximum atomic E-state index is 12.8. The summed E-state index contributed by atoms with van der Waals surface area (Å²) in [5.74, 6) is 1.45. The lowest BCUT2D eigenvalue weighted by Gasteiger charge is -2.35. The number of H-pyrrole nitrogens is 1. The van der Waals surface area contributed by atoms with Gasteiger partial charge in [-0.1, -0.05) is 45.9 Å². The molecule has 0 aliphatic carbocycles. The molecule has 1 amide bonds. The van der Waals surface area contributed by atoms with Gasteiger partial charge in [0.25, 0.3) is 5.91 Å². The minimum absolute atomic E-state index is 0.0195. The standard InChI is InChI=1S/C23H24N4O2.2C2H6/c1-26-10-4-11-27-12-9-20-21(25-15-24-20)22(27)16-5-2-7-18(13-16)29-19-8-3-6-17(14-19)23(26)28;2*1-2/h2-3,5-8,13-15,22H,4,9-12H2,1H3,(H,24,25);2*1-2H3. The van der Waals surface area contributed by atoms with Crippen molar-refractivity contribution in [2.24, 2.45) is 0 Å². The average molecular weight is 449 g/mol. The van der Waals surface area contributed by atoms with Crippen LogP contribution in [0, 0.1) is 0 Å². The quantitative estimate of drug-likeness (QED) is 0.481. The molecule has 1 aromatic heterocycles. The molecule has 0 saturated carbocycles.